The Balaban J connectivity index is 1.39. The average molecular weight is 530 g/mol. The van der Waals surface area contributed by atoms with Crippen molar-refractivity contribution >= 4 is 11.5 Å². The zero-order valence-electron chi connectivity index (χ0n) is 21.7. The highest BCUT2D eigenvalue weighted by atomic mass is 16.5. The molecule has 2 aliphatic rings. The van der Waals surface area contributed by atoms with E-state index in [0.29, 0.717) is 11.6 Å². The second kappa shape index (κ2) is 9.23. The van der Waals surface area contributed by atoms with E-state index in [9.17, 15) is 5.11 Å². The highest BCUT2D eigenvalue weighted by Crippen LogP contribution is 2.55. The van der Waals surface area contributed by atoms with Gasteiger partial charge in [-0.3, -0.25) is 5.41 Å². The van der Waals surface area contributed by atoms with Gasteiger partial charge in [-0.2, -0.15) is 0 Å². The first-order valence-electron chi connectivity index (χ1n) is 13.1. The van der Waals surface area contributed by atoms with E-state index >= 15 is 0 Å². The summed E-state index contributed by atoms with van der Waals surface area (Å²) in [5, 5.41) is 36.8. The van der Waals surface area contributed by atoms with Gasteiger partial charge in [0.1, 0.15) is 5.84 Å². The predicted molar refractivity (Wildman–Crippen MR) is 153 cm³/mol. The van der Waals surface area contributed by atoms with Gasteiger partial charge in [0.2, 0.25) is 0 Å². The monoisotopic (exact) mass is 529 g/mol. The maximum Gasteiger partial charge on any atom is 0.179 e. The van der Waals surface area contributed by atoms with E-state index < -0.39 is 0 Å². The number of nitrogens with zero attached hydrogens (tertiary/aromatic N) is 3. The SMILES string of the molecule is COc1cc(C2Nc3ccc(C(=N)N)cc3C3c4ccccc4CC23)c(-c2ccc(-c3nnn[nH]3)cc2)cc1O. The summed E-state index contributed by atoms with van der Waals surface area (Å²) in [5.41, 5.74) is 15.2. The fourth-order valence-electron chi connectivity index (χ4n) is 6.38. The van der Waals surface area contributed by atoms with Crippen LogP contribution in [0.2, 0.25) is 0 Å². The number of nitrogen functional groups attached to an aromatic ring is 1. The van der Waals surface area contributed by atoms with Crippen LogP contribution in [0.15, 0.2) is 78.9 Å². The number of nitrogens with one attached hydrogen (secondary N) is 3. The van der Waals surface area contributed by atoms with Crippen LogP contribution in [0.3, 0.4) is 0 Å². The Kier molecular flexibility index (Phi) is 5.52. The Morgan fingerprint density at radius 2 is 1.77 bits per heavy atom. The van der Waals surface area contributed by atoms with E-state index in [0.717, 1.165) is 45.5 Å². The van der Waals surface area contributed by atoms with Crippen molar-refractivity contribution in [1.82, 2.24) is 20.6 Å². The summed E-state index contributed by atoms with van der Waals surface area (Å²) >= 11 is 0. The number of hydrogen-bond acceptors (Lipinski definition) is 7. The largest absolute Gasteiger partial charge is 0.504 e. The molecule has 40 heavy (non-hydrogen) atoms. The molecule has 0 saturated heterocycles. The molecular formula is C31H27N7O2. The number of methoxy groups -OCH3 is 1. The molecule has 4 aromatic carbocycles. The number of nitrogens with two attached hydrogens (primary N) is 1. The summed E-state index contributed by atoms with van der Waals surface area (Å²) in [4.78, 5) is 0. The number of aromatic amines is 1. The van der Waals surface area contributed by atoms with Gasteiger partial charge in [0.15, 0.2) is 17.3 Å². The molecule has 1 aromatic heterocycles. The third kappa shape index (κ3) is 3.78. The van der Waals surface area contributed by atoms with Crippen molar-refractivity contribution in [1.29, 1.82) is 5.41 Å². The molecule has 1 aliphatic carbocycles. The van der Waals surface area contributed by atoms with E-state index in [1.54, 1.807) is 13.2 Å². The number of tetrazole rings is 1. The molecular weight excluding hydrogens is 502 g/mol. The van der Waals surface area contributed by atoms with Crippen molar-refractivity contribution in [2.75, 3.05) is 12.4 Å². The summed E-state index contributed by atoms with van der Waals surface area (Å²) in [7, 11) is 1.57. The molecule has 3 unspecified atom stereocenters. The average Bonchev–Trinajstić information content (AvgIpc) is 3.65. The number of aromatic nitrogens is 4. The minimum atomic E-state index is -0.0734. The molecule has 0 radical (unpaired) electrons. The Morgan fingerprint density at radius 1 is 0.975 bits per heavy atom. The fraction of sp³-hybridized carbons (Fsp3) is 0.161. The van der Waals surface area contributed by atoms with Crippen LogP contribution in [-0.4, -0.2) is 38.7 Å². The molecule has 9 nitrogen and oxygen atoms in total. The molecule has 0 spiro atoms. The lowest BCUT2D eigenvalue weighted by Crippen LogP contribution is -2.31. The van der Waals surface area contributed by atoms with Crippen LogP contribution in [0.1, 0.15) is 39.8 Å². The van der Waals surface area contributed by atoms with Gasteiger partial charge in [-0.15, -0.1) is 5.10 Å². The Labute approximate surface area is 230 Å². The molecule has 0 fully saturated rings. The quantitative estimate of drug-likeness (QED) is 0.159. The number of hydrogen-bond donors (Lipinski definition) is 5. The van der Waals surface area contributed by atoms with E-state index in [2.05, 4.69) is 56.3 Å². The van der Waals surface area contributed by atoms with E-state index in [-0.39, 0.29) is 29.5 Å². The molecule has 0 saturated carbocycles. The molecule has 0 amide bonds. The lowest BCUT2D eigenvalue weighted by atomic mass is 9.74. The third-order valence-corrected chi connectivity index (χ3v) is 8.21. The number of aromatic hydroxyl groups is 1. The molecule has 3 atom stereocenters. The number of H-pyrrole nitrogens is 1. The third-order valence-electron chi connectivity index (χ3n) is 8.21. The second-order valence-corrected chi connectivity index (χ2v) is 10.3. The highest BCUT2D eigenvalue weighted by Gasteiger charge is 2.44. The van der Waals surface area contributed by atoms with Crippen LogP contribution in [0.25, 0.3) is 22.5 Å². The van der Waals surface area contributed by atoms with Crippen molar-refractivity contribution in [2.24, 2.45) is 11.7 Å². The maximum absolute atomic E-state index is 10.8. The van der Waals surface area contributed by atoms with E-state index in [4.69, 9.17) is 15.9 Å². The highest BCUT2D eigenvalue weighted by molar-refractivity contribution is 5.96. The first kappa shape index (κ1) is 23.9. The van der Waals surface area contributed by atoms with Crippen LogP contribution >= 0.6 is 0 Å². The second-order valence-electron chi connectivity index (χ2n) is 10.3. The van der Waals surface area contributed by atoms with Crippen LogP contribution in [0.4, 0.5) is 5.69 Å². The van der Waals surface area contributed by atoms with Crippen molar-refractivity contribution in [2.45, 2.75) is 18.4 Å². The molecule has 9 heteroatoms. The summed E-state index contributed by atoms with van der Waals surface area (Å²) in [6, 6.07) is 26.2. The molecule has 6 N–H and O–H groups in total. The fourth-order valence-corrected chi connectivity index (χ4v) is 6.38. The van der Waals surface area contributed by atoms with Gasteiger partial charge in [-0.05, 0) is 86.5 Å². The number of rotatable bonds is 5. The van der Waals surface area contributed by atoms with E-state index in [1.807, 2.05) is 42.5 Å². The number of fused-ring (bicyclic) bond motifs is 5. The topological polar surface area (TPSA) is 146 Å². The summed E-state index contributed by atoms with van der Waals surface area (Å²) < 4.78 is 5.58. The zero-order chi connectivity index (χ0) is 27.4. The maximum atomic E-state index is 10.8. The summed E-state index contributed by atoms with van der Waals surface area (Å²) in [6.45, 7) is 0. The van der Waals surface area contributed by atoms with Crippen LogP contribution in [0, 0.1) is 11.3 Å². The van der Waals surface area contributed by atoms with Gasteiger partial charge < -0.3 is 20.9 Å². The van der Waals surface area contributed by atoms with Gasteiger partial charge >= 0.3 is 0 Å². The van der Waals surface area contributed by atoms with Gasteiger partial charge in [0.25, 0.3) is 0 Å². The summed E-state index contributed by atoms with van der Waals surface area (Å²) in [6.07, 6.45) is 0.891. The minimum Gasteiger partial charge on any atom is -0.504 e. The van der Waals surface area contributed by atoms with Crippen LogP contribution in [-0.2, 0) is 6.42 Å². The first-order valence-corrected chi connectivity index (χ1v) is 13.1. The lowest BCUT2D eigenvalue weighted by molar-refractivity contribution is 0.370. The minimum absolute atomic E-state index is 0.0582. The molecule has 5 aromatic rings. The Hall–Kier alpha value is -5.18. The van der Waals surface area contributed by atoms with Gasteiger partial charge in [0, 0.05) is 22.7 Å². The Morgan fingerprint density at radius 3 is 2.52 bits per heavy atom. The number of phenolic OH excluding ortho intramolecular Hbond substituents is 1. The molecule has 2 heterocycles. The van der Waals surface area contributed by atoms with E-state index in [1.165, 1.54) is 11.1 Å². The smallest absolute Gasteiger partial charge is 0.179 e. The number of anilines is 1. The number of ether oxygens (including phenoxy) is 1. The first-order chi connectivity index (χ1) is 19.5. The van der Waals surface area contributed by atoms with Crippen LogP contribution in [0.5, 0.6) is 11.5 Å². The summed E-state index contributed by atoms with van der Waals surface area (Å²) in [5.74, 6) is 1.48. The van der Waals surface area contributed by atoms with Crippen molar-refractivity contribution in [3.05, 3.63) is 107 Å². The van der Waals surface area contributed by atoms with Gasteiger partial charge in [-0.25, -0.2) is 5.10 Å². The van der Waals surface area contributed by atoms with Crippen LogP contribution < -0.4 is 15.8 Å². The standard InChI is InChI=1S/C31H27N7O2/c1-40-27-15-22(21(14-26(27)39)16-6-8-17(9-7-16)31-35-37-38-36-31)29-24-12-18-4-2-3-5-20(18)28(24)23-13-19(30(32)33)10-11-25(23)34-29/h2-11,13-15,24,28-29,34,39H,12H2,1H3,(H3,32,33)(H,35,36,37,38). The normalized spacial score (nSPS) is 18.8. The Bertz CT molecular complexity index is 1750. The van der Waals surface area contributed by atoms with Crippen molar-refractivity contribution in [3.8, 4) is 34.0 Å². The van der Waals surface area contributed by atoms with Crippen molar-refractivity contribution in [3.63, 3.8) is 0 Å². The molecule has 0 bridgehead atoms. The molecule has 198 valence electrons. The predicted octanol–water partition coefficient (Wildman–Crippen LogP) is 5.00. The van der Waals surface area contributed by atoms with Gasteiger partial charge in [0.05, 0.1) is 13.2 Å². The number of amidine groups is 1. The van der Waals surface area contributed by atoms with Gasteiger partial charge in [-0.1, -0.05) is 48.5 Å². The lowest BCUT2D eigenvalue weighted by Gasteiger charge is -2.39. The number of benzene rings is 4. The number of phenols is 1. The zero-order valence-corrected chi connectivity index (χ0v) is 21.7. The molecule has 1 aliphatic heterocycles. The molecule has 7 rings (SSSR count). The van der Waals surface area contributed by atoms with Crippen molar-refractivity contribution < 1.29 is 9.84 Å².